The summed E-state index contributed by atoms with van der Waals surface area (Å²) >= 11 is 9.97. The van der Waals surface area contributed by atoms with Gasteiger partial charge in [-0.3, -0.25) is 9.59 Å². The number of rotatable bonds is 8. The zero-order valence-corrected chi connectivity index (χ0v) is 22.9. The number of hydrogen-bond acceptors (Lipinski definition) is 4. The predicted molar refractivity (Wildman–Crippen MR) is 148 cm³/mol. The van der Waals surface area contributed by atoms with E-state index in [1.807, 2.05) is 43.3 Å². The second-order valence-electron chi connectivity index (χ2n) is 9.50. The van der Waals surface area contributed by atoms with Crippen molar-refractivity contribution < 1.29 is 14.7 Å². The maximum Gasteiger partial charge on any atom is 0.303 e. The van der Waals surface area contributed by atoms with E-state index in [1.54, 1.807) is 6.07 Å². The molecular weight excluding hydrogens is 542 g/mol. The average molecular weight is 573 g/mol. The first kappa shape index (κ1) is 26.4. The molecule has 2 unspecified atom stereocenters. The Morgan fingerprint density at radius 1 is 1.25 bits per heavy atom. The number of hydrogen-bond donors (Lipinski definition) is 2. The van der Waals surface area contributed by atoms with Gasteiger partial charge in [0.2, 0.25) is 0 Å². The molecule has 190 valence electrons. The summed E-state index contributed by atoms with van der Waals surface area (Å²) < 4.78 is 0.875. The van der Waals surface area contributed by atoms with Crippen LogP contribution in [0.5, 0.6) is 0 Å². The van der Waals surface area contributed by atoms with Gasteiger partial charge in [0.05, 0.1) is 11.1 Å². The number of carboxylic acid groups (broad SMARTS) is 1. The Kier molecular flexibility index (Phi) is 8.52. The molecule has 8 heteroatoms. The van der Waals surface area contributed by atoms with Crippen LogP contribution in [-0.2, 0) is 4.79 Å². The summed E-state index contributed by atoms with van der Waals surface area (Å²) in [7, 11) is 0. The van der Waals surface area contributed by atoms with Crippen molar-refractivity contribution in [1.29, 1.82) is 0 Å². The number of piperidine rings is 1. The maximum atomic E-state index is 13.7. The molecule has 2 atom stereocenters. The highest BCUT2D eigenvalue weighted by molar-refractivity contribution is 9.10. The number of benzene rings is 2. The van der Waals surface area contributed by atoms with Crippen LogP contribution in [0.1, 0.15) is 66.4 Å². The molecule has 36 heavy (non-hydrogen) atoms. The van der Waals surface area contributed by atoms with Crippen molar-refractivity contribution in [3.8, 4) is 0 Å². The first-order valence-corrected chi connectivity index (χ1v) is 13.5. The predicted octanol–water partition coefficient (Wildman–Crippen LogP) is 6.72. The summed E-state index contributed by atoms with van der Waals surface area (Å²) in [6, 6.07) is 13.6. The lowest BCUT2D eigenvalue weighted by Gasteiger charge is -2.36. The minimum absolute atomic E-state index is 0.00702. The van der Waals surface area contributed by atoms with Gasteiger partial charge in [0.15, 0.2) is 0 Å². The molecule has 2 heterocycles. The molecule has 1 aliphatic heterocycles. The number of halogens is 2. The molecule has 6 nitrogen and oxygen atoms in total. The largest absolute Gasteiger partial charge is 0.481 e. The first-order valence-electron chi connectivity index (χ1n) is 12.4. The van der Waals surface area contributed by atoms with Gasteiger partial charge >= 0.3 is 5.97 Å². The van der Waals surface area contributed by atoms with Gasteiger partial charge in [0.1, 0.15) is 5.82 Å². The molecule has 2 N–H and O–H groups in total. The summed E-state index contributed by atoms with van der Waals surface area (Å²) in [6.45, 7) is 5.38. The average Bonchev–Trinajstić information content (AvgIpc) is 2.84. The minimum Gasteiger partial charge on any atom is -0.481 e. The van der Waals surface area contributed by atoms with Gasteiger partial charge in [-0.25, -0.2) is 4.98 Å². The van der Waals surface area contributed by atoms with Crippen LogP contribution in [0.3, 0.4) is 0 Å². The summed E-state index contributed by atoms with van der Waals surface area (Å²) in [6.07, 6.45) is 3.77. The first-order chi connectivity index (χ1) is 17.3. The molecule has 1 amide bonds. The van der Waals surface area contributed by atoms with Gasteiger partial charge in [-0.2, -0.15) is 0 Å². The number of fused-ring (bicyclic) bond motifs is 1. The molecule has 1 aliphatic rings. The fraction of sp³-hybridized carbons (Fsp3) is 0.393. The maximum absolute atomic E-state index is 13.7. The van der Waals surface area contributed by atoms with Crippen LogP contribution in [0.15, 0.2) is 46.9 Å². The van der Waals surface area contributed by atoms with E-state index < -0.39 is 5.97 Å². The van der Waals surface area contributed by atoms with Crippen molar-refractivity contribution in [3.05, 3.63) is 68.7 Å². The quantitative estimate of drug-likeness (QED) is 0.313. The van der Waals surface area contributed by atoms with Gasteiger partial charge in [-0.1, -0.05) is 45.7 Å². The van der Waals surface area contributed by atoms with Crippen LogP contribution < -0.4 is 10.2 Å². The highest BCUT2D eigenvalue weighted by atomic mass is 79.9. The number of carboxylic acids is 1. The highest BCUT2D eigenvalue weighted by Crippen LogP contribution is 2.34. The van der Waals surface area contributed by atoms with E-state index in [0.717, 1.165) is 51.7 Å². The lowest BCUT2D eigenvalue weighted by molar-refractivity contribution is -0.137. The van der Waals surface area contributed by atoms with E-state index in [0.29, 0.717) is 23.0 Å². The third-order valence-corrected chi connectivity index (χ3v) is 7.86. The van der Waals surface area contributed by atoms with Crippen molar-refractivity contribution in [2.75, 3.05) is 18.0 Å². The number of nitrogens with one attached hydrogen (secondary N) is 1. The Morgan fingerprint density at radius 3 is 2.75 bits per heavy atom. The SMILES string of the molecule is Cc1c(N2CCCCC2C)nc2ccc(Br)cc2c1C(=O)NCC(CCC(=O)O)c1ccccc1Cl. The number of pyridine rings is 1. The molecule has 3 aromatic rings. The van der Waals surface area contributed by atoms with E-state index in [9.17, 15) is 14.7 Å². The zero-order valence-electron chi connectivity index (χ0n) is 20.6. The second kappa shape index (κ2) is 11.6. The van der Waals surface area contributed by atoms with Crippen LogP contribution in [0.4, 0.5) is 5.82 Å². The van der Waals surface area contributed by atoms with Crippen molar-refractivity contribution in [3.63, 3.8) is 0 Å². The lowest BCUT2D eigenvalue weighted by Crippen LogP contribution is -2.39. The Labute approximate surface area is 225 Å². The fourth-order valence-corrected chi connectivity index (χ4v) is 5.73. The number of nitrogens with zero attached hydrogens (tertiary/aromatic N) is 2. The summed E-state index contributed by atoms with van der Waals surface area (Å²) in [4.78, 5) is 32.3. The summed E-state index contributed by atoms with van der Waals surface area (Å²) in [5.74, 6) is -0.438. The molecule has 1 fully saturated rings. The van der Waals surface area contributed by atoms with Crippen molar-refractivity contribution in [2.24, 2.45) is 0 Å². The smallest absolute Gasteiger partial charge is 0.303 e. The van der Waals surface area contributed by atoms with Crippen molar-refractivity contribution in [1.82, 2.24) is 10.3 Å². The Bertz CT molecular complexity index is 1280. The number of aliphatic carboxylic acids is 1. The van der Waals surface area contributed by atoms with E-state index >= 15 is 0 Å². The van der Waals surface area contributed by atoms with E-state index in [-0.39, 0.29) is 24.8 Å². The Balaban J connectivity index is 1.69. The third kappa shape index (κ3) is 5.84. The molecular formula is C28H31BrClN3O3. The van der Waals surface area contributed by atoms with Crippen molar-refractivity contribution >= 4 is 56.1 Å². The molecule has 2 aromatic carbocycles. The van der Waals surface area contributed by atoms with Gasteiger partial charge in [-0.15, -0.1) is 0 Å². The van der Waals surface area contributed by atoms with Gasteiger partial charge in [0, 0.05) is 51.9 Å². The number of carbonyl (C=O) groups is 2. The second-order valence-corrected chi connectivity index (χ2v) is 10.8. The number of aromatic nitrogens is 1. The van der Waals surface area contributed by atoms with E-state index in [4.69, 9.17) is 16.6 Å². The van der Waals surface area contributed by atoms with Crippen LogP contribution >= 0.6 is 27.5 Å². The lowest BCUT2D eigenvalue weighted by atomic mass is 9.93. The Morgan fingerprint density at radius 2 is 2.03 bits per heavy atom. The normalized spacial score (nSPS) is 16.7. The minimum atomic E-state index is -0.875. The Hall–Kier alpha value is -2.64. The van der Waals surface area contributed by atoms with Gasteiger partial charge in [0.25, 0.3) is 5.91 Å². The zero-order chi connectivity index (χ0) is 25.8. The number of carbonyl (C=O) groups excluding carboxylic acids is 1. The molecule has 0 saturated carbocycles. The summed E-state index contributed by atoms with van der Waals surface area (Å²) in [5.41, 5.74) is 3.06. The molecule has 0 bridgehead atoms. The molecule has 4 rings (SSSR count). The molecule has 0 radical (unpaired) electrons. The molecule has 0 aliphatic carbocycles. The fourth-order valence-electron chi connectivity index (χ4n) is 5.08. The molecule has 1 saturated heterocycles. The van der Waals surface area contributed by atoms with Gasteiger partial charge < -0.3 is 15.3 Å². The molecule has 1 aromatic heterocycles. The van der Waals surface area contributed by atoms with E-state index in [1.165, 1.54) is 6.42 Å². The summed E-state index contributed by atoms with van der Waals surface area (Å²) in [5, 5.41) is 13.7. The standard InChI is InChI=1S/C28H31BrClN3O3/c1-17-7-5-6-14-33(17)27-18(2)26(22-15-20(29)11-12-24(22)32-27)28(36)31-16-19(10-13-25(34)35)21-8-3-4-9-23(21)30/h3-4,8-9,11-12,15,17,19H,5-7,10,13-14,16H2,1-2H3,(H,31,36)(H,34,35). The molecule has 0 spiro atoms. The van der Waals surface area contributed by atoms with Crippen LogP contribution in [0.2, 0.25) is 5.02 Å². The van der Waals surface area contributed by atoms with Crippen LogP contribution in [0.25, 0.3) is 10.9 Å². The van der Waals surface area contributed by atoms with E-state index in [2.05, 4.69) is 33.1 Å². The monoisotopic (exact) mass is 571 g/mol. The van der Waals surface area contributed by atoms with Crippen LogP contribution in [-0.4, -0.2) is 41.1 Å². The number of anilines is 1. The third-order valence-electron chi connectivity index (χ3n) is 7.03. The number of amides is 1. The van der Waals surface area contributed by atoms with Crippen molar-refractivity contribution in [2.45, 2.75) is 57.9 Å². The van der Waals surface area contributed by atoms with Gasteiger partial charge in [-0.05, 0) is 69.4 Å². The highest BCUT2D eigenvalue weighted by Gasteiger charge is 2.26. The topological polar surface area (TPSA) is 82.5 Å². The van der Waals surface area contributed by atoms with Crippen LogP contribution in [0, 0.1) is 6.92 Å².